The average molecular weight is 456 g/mol. The van der Waals surface area contributed by atoms with Crippen molar-refractivity contribution in [3.8, 4) is 5.75 Å². The van der Waals surface area contributed by atoms with E-state index < -0.39 is 28.9 Å². The van der Waals surface area contributed by atoms with E-state index in [0.29, 0.717) is 0 Å². The Morgan fingerprint density at radius 3 is 2.21 bits per heavy atom. The van der Waals surface area contributed by atoms with Gasteiger partial charge in [0.05, 0.1) is 10.4 Å². The van der Waals surface area contributed by atoms with E-state index in [-0.39, 0.29) is 28.9 Å². The van der Waals surface area contributed by atoms with Gasteiger partial charge < -0.3 is 14.4 Å². The first-order valence-corrected chi connectivity index (χ1v) is 9.98. The summed E-state index contributed by atoms with van der Waals surface area (Å²) >= 11 is 0. The molecule has 3 aromatic carbocycles. The predicted octanol–water partition coefficient (Wildman–Crippen LogP) is 5.43. The number of benzene rings is 3. The summed E-state index contributed by atoms with van der Waals surface area (Å²) in [4.78, 5) is 10.7. The minimum absolute atomic E-state index is 0.0491. The summed E-state index contributed by atoms with van der Waals surface area (Å²) in [6.45, 7) is -0.923. The molecule has 9 heteroatoms. The van der Waals surface area contributed by atoms with Crippen molar-refractivity contribution >= 4 is 16.6 Å². The molecule has 0 saturated heterocycles. The quantitative estimate of drug-likeness (QED) is 0.297. The second-order valence-corrected chi connectivity index (χ2v) is 7.57. The molecule has 1 N–H and O–H groups in total. The highest BCUT2D eigenvalue weighted by Crippen LogP contribution is 2.43. The number of nitro groups is 1. The highest BCUT2D eigenvalue weighted by atomic mass is 19.4. The van der Waals surface area contributed by atoms with Gasteiger partial charge in [-0.3, -0.25) is 10.1 Å². The van der Waals surface area contributed by atoms with Crippen molar-refractivity contribution in [1.29, 1.82) is 0 Å². The van der Waals surface area contributed by atoms with Crippen LogP contribution < -0.4 is 4.74 Å². The van der Waals surface area contributed by atoms with Gasteiger partial charge in [0.25, 0.3) is 5.69 Å². The molecular formula is C24H19F3N2O4. The summed E-state index contributed by atoms with van der Waals surface area (Å²) in [5, 5.41) is 22.3. The van der Waals surface area contributed by atoms with E-state index in [0.717, 1.165) is 11.6 Å². The third-order valence-electron chi connectivity index (χ3n) is 5.38. The molecular weight excluding hydrogens is 437 g/mol. The lowest BCUT2D eigenvalue weighted by molar-refractivity contribution is -0.384. The Balaban J connectivity index is 1.85. The Hall–Kier alpha value is -3.85. The standard InChI is InChI=1S/C24H19F3N2O4/c25-24(26,27)23(30,16-33-19-9-5-2-6-10-19)21-15-28(14-17-7-3-1-4-8-17)22-13-18(29(31)32)11-12-20(21)22/h1-13,15,30H,14,16H2. The van der Waals surface area contributed by atoms with Gasteiger partial charge in [0.1, 0.15) is 12.4 Å². The second kappa shape index (κ2) is 8.59. The van der Waals surface area contributed by atoms with E-state index in [2.05, 4.69) is 0 Å². The molecule has 1 atom stereocenters. The summed E-state index contributed by atoms with van der Waals surface area (Å²) in [5.41, 5.74) is -3.07. The molecule has 0 saturated carbocycles. The van der Waals surface area contributed by atoms with Gasteiger partial charge in [-0.05, 0) is 23.8 Å². The molecule has 33 heavy (non-hydrogen) atoms. The van der Waals surface area contributed by atoms with E-state index in [4.69, 9.17) is 4.74 Å². The summed E-state index contributed by atoms with van der Waals surface area (Å²) in [6.07, 6.45) is -3.89. The van der Waals surface area contributed by atoms with Crippen LogP contribution in [0.2, 0.25) is 0 Å². The first-order chi connectivity index (χ1) is 15.7. The molecule has 0 bridgehead atoms. The van der Waals surface area contributed by atoms with E-state index in [1.54, 1.807) is 48.5 Å². The van der Waals surface area contributed by atoms with Crippen molar-refractivity contribution in [2.75, 3.05) is 6.61 Å². The van der Waals surface area contributed by atoms with E-state index in [9.17, 15) is 28.4 Å². The minimum atomic E-state index is -5.07. The van der Waals surface area contributed by atoms with Gasteiger partial charge >= 0.3 is 6.18 Å². The van der Waals surface area contributed by atoms with Crippen molar-refractivity contribution in [3.63, 3.8) is 0 Å². The molecule has 4 aromatic rings. The van der Waals surface area contributed by atoms with Crippen LogP contribution in [0.4, 0.5) is 18.9 Å². The Morgan fingerprint density at radius 2 is 1.61 bits per heavy atom. The van der Waals surface area contributed by atoms with Crippen LogP contribution in [0.25, 0.3) is 10.9 Å². The molecule has 6 nitrogen and oxygen atoms in total. The number of hydrogen-bond donors (Lipinski definition) is 1. The number of aliphatic hydroxyl groups is 1. The molecule has 1 heterocycles. The zero-order valence-electron chi connectivity index (χ0n) is 17.2. The Morgan fingerprint density at radius 1 is 0.970 bits per heavy atom. The lowest BCUT2D eigenvalue weighted by Crippen LogP contribution is -2.47. The lowest BCUT2D eigenvalue weighted by Gasteiger charge is -2.30. The van der Waals surface area contributed by atoms with Gasteiger partial charge in [0.15, 0.2) is 0 Å². The Kier molecular flexibility index (Phi) is 5.82. The summed E-state index contributed by atoms with van der Waals surface area (Å²) in [5.74, 6) is 0.170. The van der Waals surface area contributed by atoms with Gasteiger partial charge in [-0.2, -0.15) is 13.2 Å². The number of para-hydroxylation sites is 1. The maximum atomic E-state index is 14.2. The van der Waals surface area contributed by atoms with Crippen molar-refractivity contribution < 1.29 is 27.9 Å². The topological polar surface area (TPSA) is 77.5 Å². The normalized spacial score (nSPS) is 13.6. The SMILES string of the molecule is O=[N+]([O-])c1ccc2c(C(O)(COc3ccccc3)C(F)(F)F)cn(Cc3ccccc3)c2c1. The predicted molar refractivity (Wildman–Crippen MR) is 116 cm³/mol. The van der Waals surface area contributed by atoms with Gasteiger partial charge in [-0.15, -0.1) is 0 Å². The van der Waals surface area contributed by atoms with Crippen LogP contribution in [0.1, 0.15) is 11.1 Å². The molecule has 0 aliphatic rings. The average Bonchev–Trinajstić information content (AvgIpc) is 3.16. The third-order valence-corrected chi connectivity index (χ3v) is 5.38. The zero-order chi connectivity index (χ0) is 23.6. The number of alkyl halides is 3. The number of aromatic nitrogens is 1. The maximum Gasteiger partial charge on any atom is 0.424 e. The largest absolute Gasteiger partial charge is 0.490 e. The first kappa shape index (κ1) is 22.3. The van der Waals surface area contributed by atoms with Crippen LogP contribution in [-0.2, 0) is 12.1 Å². The van der Waals surface area contributed by atoms with Crippen LogP contribution in [0.3, 0.4) is 0 Å². The molecule has 0 spiro atoms. The summed E-state index contributed by atoms with van der Waals surface area (Å²) in [7, 11) is 0. The minimum Gasteiger partial charge on any atom is -0.490 e. The zero-order valence-corrected chi connectivity index (χ0v) is 17.2. The van der Waals surface area contributed by atoms with Gasteiger partial charge in [0.2, 0.25) is 5.60 Å². The number of ether oxygens (including phenoxy) is 1. The number of halogens is 3. The van der Waals surface area contributed by atoms with Crippen molar-refractivity contribution in [1.82, 2.24) is 4.57 Å². The number of hydrogen-bond acceptors (Lipinski definition) is 4. The van der Waals surface area contributed by atoms with Gasteiger partial charge in [0, 0.05) is 35.8 Å². The number of nitro benzene ring substituents is 1. The lowest BCUT2D eigenvalue weighted by atomic mass is 9.93. The molecule has 1 unspecified atom stereocenters. The smallest absolute Gasteiger partial charge is 0.424 e. The molecule has 1 aromatic heterocycles. The second-order valence-electron chi connectivity index (χ2n) is 7.57. The van der Waals surface area contributed by atoms with Crippen LogP contribution in [0.15, 0.2) is 85.1 Å². The number of nitrogens with zero attached hydrogens (tertiary/aromatic N) is 2. The Bertz CT molecular complexity index is 1270. The molecule has 170 valence electrons. The van der Waals surface area contributed by atoms with Crippen molar-refractivity contribution in [2.24, 2.45) is 0 Å². The fourth-order valence-electron chi connectivity index (χ4n) is 3.65. The van der Waals surface area contributed by atoms with Crippen LogP contribution >= 0.6 is 0 Å². The Labute approximate surface area is 186 Å². The maximum absolute atomic E-state index is 14.2. The molecule has 0 fully saturated rings. The van der Waals surface area contributed by atoms with E-state index in [1.165, 1.54) is 35.0 Å². The number of rotatable bonds is 7. The van der Waals surface area contributed by atoms with Crippen molar-refractivity contribution in [3.05, 3.63) is 106 Å². The van der Waals surface area contributed by atoms with Crippen LogP contribution in [-0.4, -0.2) is 27.4 Å². The molecule has 0 radical (unpaired) electrons. The van der Waals surface area contributed by atoms with E-state index in [1.807, 2.05) is 0 Å². The highest BCUT2D eigenvalue weighted by molar-refractivity contribution is 5.87. The van der Waals surface area contributed by atoms with Crippen molar-refractivity contribution in [2.45, 2.75) is 18.3 Å². The van der Waals surface area contributed by atoms with E-state index >= 15 is 0 Å². The monoisotopic (exact) mass is 456 g/mol. The molecule has 0 aliphatic carbocycles. The van der Waals surface area contributed by atoms with Gasteiger partial charge in [-0.1, -0.05) is 48.5 Å². The molecule has 0 amide bonds. The third kappa shape index (κ3) is 4.40. The summed E-state index contributed by atoms with van der Waals surface area (Å²) in [6, 6.07) is 20.4. The number of fused-ring (bicyclic) bond motifs is 1. The molecule has 4 rings (SSSR count). The fourth-order valence-corrected chi connectivity index (χ4v) is 3.65. The number of non-ortho nitro benzene ring substituents is 1. The summed E-state index contributed by atoms with van der Waals surface area (Å²) < 4.78 is 49.4. The molecule has 0 aliphatic heterocycles. The van der Waals surface area contributed by atoms with Gasteiger partial charge in [-0.25, -0.2) is 0 Å². The first-order valence-electron chi connectivity index (χ1n) is 9.98. The van der Waals surface area contributed by atoms with Crippen LogP contribution in [0, 0.1) is 10.1 Å². The highest BCUT2D eigenvalue weighted by Gasteiger charge is 2.57. The fraction of sp³-hybridized carbons (Fsp3) is 0.167. The van der Waals surface area contributed by atoms with Crippen LogP contribution in [0.5, 0.6) is 5.75 Å².